The molecule has 164 valence electrons. The third kappa shape index (κ3) is 3.67. The van der Waals surface area contributed by atoms with Crippen molar-refractivity contribution in [1.29, 1.82) is 10.5 Å². The van der Waals surface area contributed by atoms with Gasteiger partial charge in [-0.2, -0.15) is 10.5 Å². The van der Waals surface area contributed by atoms with E-state index in [-0.39, 0.29) is 44.2 Å². The van der Waals surface area contributed by atoms with Gasteiger partial charge in [-0.15, -0.1) is 0 Å². The van der Waals surface area contributed by atoms with E-state index in [1.807, 2.05) is 13.0 Å². The number of benzene rings is 2. The summed E-state index contributed by atoms with van der Waals surface area (Å²) in [5.74, 6) is 0.108. The van der Waals surface area contributed by atoms with E-state index in [2.05, 4.69) is 20.6 Å². The zero-order chi connectivity index (χ0) is 23.8. The van der Waals surface area contributed by atoms with Gasteiger partial charge in [-0.25, -0.2) is 18.4 Å². The summed E-state index contributed by atoms with van der Waals surface area (Å²) in [4.78, 5) is 8.80. The molecule has 0 bridgehead atoms. The minimum absolute atomic E-state index is 0.0153. The Morgan fingerprint density at radius 3 is 2.45 bits per heavy atom. The molecule has 1 aliphatic heterocycles. The summed E-state index contributed by atoms with van der Waals surface area (Å²) < 4.78 is 27.1. The predicted octanol–water partition coefficient (Wildman–Crippen LogP) is 2.20. The van der Waals surface area contributed by atoms with Crippen LogP contribution in [0.2, 0.25) is 0 Å². The van der Waals surface area contributed by atoms with Gasteiger partial charge in [-0.05, 0) is 25.1 Å². The highest BCUT2D eigenvalue weighted by molar-refractivity contribution is 7.91. The first kappa shape index (κ1) is 21.6. The van der Waals surface area contributed by atoms with E-state index in [9.17, 15) is 13.7 Å². The SMILES string of the molecule is Cc1ccc(S(=O)(=O)c2ccccc2C2N=C(NC#N)Nc3nc(N)c(C#N)c(N)c32)cc1. The zero-order valence-electron chi connectivity index (χ0n) is 17.4. The Labute approximate surface area is 190 Å². The molecule has 1 atom stereocenters. The van der Waals surface area contributed by atoms with Crippen molar-refractivity contribution in [3.05, 3.63) is 70.8 Å². The van der Waals surface area contributed by atoms with Crippen LogP contribution in [-0.4, -0.2) is 19.4 Å². The summed E-state index contributed by atoms with van der Waals surface area (Å²) in [6, 6.07) is 13.8. The van der Waals surface area contributed by atoms with Gasteiger partial charge < -0.3 is 16.8 Å². The van der Waals surface area contributed by atoms with Crippen molar-refractivity contribution in [2.45, 2.75) is 22.8 Å². The highest BCUT2D eigenvalue weighted by Crippen LogP contribution is 2.42. The predicted molar refractivity (Wildman–Crippen MR) is 122 cm³/mol. The Kier molecular flexibility index (Phi) is 5.34. The van der Waals surface area contributed by atoms with Crippen molar-refractivity contribution < 1.29 is 8.42 Å². The van der Waals surface area contributed by atoms with Gasteiger partial charge in [0.1, 0.15) is 29.3 Å². The maximum atomic E-state index is 13.5. The lowest BCUT2D eigenvalue weighted by molar-refractivity contribution is 0.594. The third-order valence-corrected chi connectivity index (χ3v) is 7.04. The molecule has 0 spiro atoms. The number of guanidine groups is 1. The third-order valence-electron chi connectivity index (χ3n) is 5.19. The van der Waals surface area contributed by atoms with Crippen LogP contribution in [0.5, 0.6) is 0 Å². The van der Waals surface area contributed by atoms with E-state index in [0.717, 1.165) is 5.56 Å². The number of nitriles is 2. The molecule has 0 saturated carbocycles. The summed E-state index contributed by atoms with van der Waals surface area (Å²) in [5, 5.41) is 23.8. The lowest BCUT2D eigenvalue weighted by Gasteiger charge is -2.27. The van der Waals surface area contributed by atoms with Gasteiger partial charge in [0.25, 0.3) is 0 Å². The fourth-order valence-electron chi connectivity index (χ4n) is 3.60. The maximum absolute atomic E-state index is 13.5. The van der Waals surface area contributed by atoms with E-state index < -0.39 is 15.9 Å². The largest absolute Gasteiger partial charge is 0.397 e. The Hall–Kier alpha value is -4.61. The summed E-state index contributed by atoms with van der Waals surface area (Å²) in [6.07, 6.45) is 1.76. The van der Waals surface area contributed by atoms with E-state index >= 15 is 0 Å². The summed E-state index contributed by atoms with van der Waals surface area (Å²) in [5.41, 5.74) is 13.6. The second-order valence-corrected chi connectivity index (χ2v) is 9.17. The number of fused-ring (bicyclic) bond motifs is 1. The van der Waals surface area contributed by atoms with Crippen molar-refractivity contribution in [3.8, 4) is 12.3 Å². The first-order valence-corrected chi connectivity index (χ1v) is 11.2. The van der Waals surface area contributed by atoms with E-state index in [4.69, 9.17) is 16.7 Å². The molecule has 0 saturated heterocycles. The maximum Gasteiger partial charge on any atom is 0.211 e. The van der Waals surface area contributed by atoms with Crippen LogP contribution in [0.1, 0.15) is 28.3 Å². The Bertz CT molecular complexity index is 1480. The van der Waals surface area contributed by atoms with Crippen molar-refractivity contribution in [2.24, 2.45) is 4.99 Å². The van der Waals surface area contributed by atoms with E-state index in [1.54, 1.807) is 36.5 Å². The van der Waals surface area contributed by atoms with Crippen LogP contribution >= 0.6 is 0 Å². The van der Waals surface area contributed by atoms with Gasteiger partial charge >= 0.3 is 0 Å². The molecule has 2 aromatic carbocycles. The minimum atomic E-state index is -3.93. The number of nitrogens with zero attached hydrogens (tertiary/aromatic N) is 4. The van der Waals surface area contributed by atoms with Gasteiger partial charge in [-0.3, -0.25) is 5.32 Å². The van der Waals surface area contributed by atoms with Crippen LogP contribution in [0.15, 0.2) is 63.3 Å². The lowest BCUT2D eigenvalue weighted by atomic mass is 9.95. The van der Waals surface area contributed by atoms with Crippen molar-refractivity contribution in [2.75, 3.05) is 16.8 Å². The monoisotopic (exact) mass is 458 g/mol. The number of sulfone groups is 1. The molecule has 4 rings (SSSR count). The molecule has 2 heterocycles. The number of pyridine rings is 1. The van der Waals surface area contributed by atoms with Crippen molar-refractivity contribution >= 4 is 33.1 Å². The quantitative estimate of drug-likeness (QED) is 0.337. The van der Waals surface area contributed by atoms with Crippen LogP contribution in [0.3, 0.4) is 0 Å². The molecule has 10 nitrogen and oxygen atoms in total. The number of aryl methyl sites for hydroxylation is 1. The molecule has 0 aliphatic carbocycles. The van der Waals surface area contributed by atoms with Crippen LogP contribution in [-0.2, 0) is 9.84 Å². The molecule has 3 aromatic rings. The molecule has 0 fully saturated rings. The van der Waals surface area contributed by atoms with Crippen LogP contribution in [0.4, 0.5) is 17.3 Å². The summed E-state index contributed by atoms with van der Waals surface area (Å²) in [7, 11) is -3.93. The van der Waals surface area contributed by atoms with Crippen LogP contribution < -0.4 is 22.1 Å². The Morgan fingerprint density at radius 1 is 1.09 bits per heavy atom. The molecule has 1 aliphatic rings. The number of hydrogen-bond donors (Lipinski definition) is 4. The Balaban J connectivity index is 1.98. The molecule has 1 unspecified atom stereocenters. The molecule has 0 radical (unpaired) electrons. The fraction of sp³-hybridized carbons (Fsp3) is 0.0909. The topological polar surface area (TPSA) is 183 Å². The summed E-state index contributed by atoms with van der Waals surface area (Å²) >= 11 is 0. The fourth-order valence-corrected chi connectivity index (χ4v) is 5.10. The van der Waals surface area contributed by atoms with Gasteiger partial charge in [0.15, 0.2) is 6.19 Å². The second-order valence-electron chi connectivity index (χ2n) is 7.26. The first-order chi connectivity index (χ1) is 15.8. The zero-order valence-corrected chi connectivity index (χ0v) is 18.2. The normalized spacial score (nSPS) is 14.8. The number of rotatable bonds is 3. The molecule has 1 aromatic heterocycles. The average molecular weight is 459 g/mol. The Morgan fingerprint density at radius 2 is 1.79 bits per heavy atom. The minimum Gasteiger partial charge on any atom is -0.397 e. The van der Waals surface area contributed by atoms with Gasteiger partial charge in [0, 0.05) is 11.1 Å². The standard InChI is InChI=1S/C22H18N8O2S/c1-12-6-8-13(9-7-12)33(31,32)16-5-3-2-4-14(16)19-17-18(25)15(10-23)20(26)29-21(17)30-22(28-19)27-11-24/h2-9,19H,1H3,(H6,25,26,27,28,29,30). The highest BCUT2D eigenvalue weighted by Gasteiger charge is 2.33. The van der Waals surface area contributed by atoms with Crippen LogP contribution in [0.25, 0.3) is 0 Å². The number of nitrogens with one attached hydrogen (secondary N) is 2. The smallest absolute Gasteiger partial charge is 0.211 e. The highest BCUT2D eigenvalue weighted by atomic mass is 32.2. The number of aromatic nitrogens is 1. The number of nitrogens with two attached hydrogens (primary N) is 2. The van der Waals surface area contributed by atoms with Gasteiger partial charge in [-0.1, -0.05) is 35.9 Å². The first-order valence-electron chi connectivity index (χ1n) is 9.67. The second kappa shape index (κ2) is 8.15. The van der Waals surface area contributed by atoms with Crippen molar-refractivity contribution in [3.63, 3.8) is 0 Å². The molecular formula is C22H18N8O2S. The molecule has 33 heavy (non-hydrogen) atoms. The van der Waals surface area contributed by atoms with Gasteiger partial charge in [0.05, 0.1) is 15.5 Å². The molecular weight excluding hydrogens is 440 g/mol. The molecule has 11 heteroatoms. The average Bonchev–Trinajstić information content (AvgIpc) is 2.79. The number of anilines is 3. The van der Waals surface area contributed by atoms with Crippen molar-refractivity contribution in [1.82, 2.24) is 10.3 Å². The molecule has 6 N–H and O–H groups in total. The summed E-state index contributed by atoms with van der Waals surface area (Å²) in [6.45, 7) is 1.86. The van der Waals surface area contributed by atoms with E-state index in [1.165, 1.54) is 18.2 Å². The number of aliphatic imine (C=N–C) groups is 1. The van der Waals surface area contributed by atoms with Gasteiger partial charge in [0.2, 0.25) is 15.8 Å². The van der Waals surface area contributed by atoms with E-state index in [0.29, 0.717) is 5.56 Å². The number of hydrogen-bond acceptors (Lipinski definition) is 10. The van der Waals surface area contributed by atoms with Crippen LogP contribution in [0, 0.1) is 29.7 Å². The lowest BCUT2D eigenvalue weighted by Crippen LogP contribution is -2.33. The number of nitrogen functional groups attached to an aromatic ring is 2. The molecule has 0 amide bonds.